The summed E-state index contributed by atoms with van der Waals surface area (Å²) < 4.78 is 11.4. The first-order valence-corrected chi connectivity index (χ1v) is 9.58. The number of nitrogens with zero attached hydrogens (tertiary/aromatic N) is 2. The highest BCUT2D eigenvalue weighted by Gasteiger charge is 1.97. The van der Waals surface area contributed by atoms with Gasteiger partial charge >= 0.3 is 0 Å². The van der Waals surface area contributed by atoms with Gasteiger partial charge in [-0.15, -0.1) is 0 Å². The highest BCUT2D eigenvalue weighted by atomic mass is 16.5. The molecule has 0 amide bonds. The molecule has 4 heteroatoms. The minimum absolute atomic E-state index is 0.657. The molecule has 0 unspecified atom stereocenters. The van der Waals surface area contributed by atoms with Crippen LogP contribution in [0, 0.1) is 22.7 Å². The van der Waals surface area contributed by atoms with E-state index in [1.54, 1.807) is 24.3 Å². The van der Waals surface area contributed by atoms with Gasteiger partial charge in [0.15, 0.2) is 0 Å². The van der Waals surface area contributed by atoms with E-state index in [0.717, 1.165) is 37.6 Å². The largest absolute Gasteiger partial charge is 0.494 e. The summed E-state index contributed by atoms with van der Waals surface area (Å²) in [5.74, 6) is 1.66. The molecule has 0 bridgehead atoms. The van der Waals surface area contributed by atoms with E-state index in [2.05, 4.69) is 12.1 Å². The van der Waals surface area contributed by atoms with Gasteiger partial charge in [0.05, 0.1) is 36.5 Å². The quantitative estimate of drug-likeness (QED) is 0.460. The summed E-state index contributed by atoms with van der Waals surface area (Å²) in [6.45, 7) is 1.45. The second-order valence-corrected chi connectivity index (χ2v) is 6.44. The molecular weight excluding hydrogens is 336 g/mol. The second-order valence-electron chi connectivity index (χ2n) is 6.44. The van der Waals surface area contributed by atoms with Crippen molar-refractivity contribution in [2.45, 2.75) is 44.9 Å². The van der Waals surface area contributed by atoms with Crippen molar-refractivity contribution in [1.29, 1.82) is 10.5 Å². The summed E-state index contributed by atoms with van der Waals surface area (Å²) in [7, 11) is 0. The van der Waals surface area contributed by atoms with Gasteiger partial charge in [-0.25, -0.2) is 0 Å². The third kappa shape index (κ3) is 8.29. The fourth-order valence-electron chi connectivity index (χ4n) is 2.72. The van der Waals surface area contributed by atoms with Crippen LogP contribution < -0.4 is 9.47 Å². The van der Waals surface area contributed by atoms with Gasteiger partial charge in [-0.05, 0) is 61.4 Å². The first-order valence-electron chi connectivity index (χ1n) is 9.58. The molecule has 0 aliphatic rings. The third-order valence-electron chi connectivity index (χ3n) is 4.29. The first kappa shape index (κ1) is 20.3. The molecule has 0 aliphatic heterocycles. The van der Waals surface area contributed by atoms with Gasteiger partial charge in [0.2, 0.25) is 0 Å². The van der Waals surface area contributed by atoms with Gasteiger partial charge in [0.25, 0.3) is 0 Å². The van der Waals surface area contributed by atoms with Gasteiger partial charge in [0.1, 0.15) is 11.5 Å². The first-order chi connectivity index (χ1) is 13.3. The van der Waals surface area contributed by atoms with Crippen molar-refractivity contribution in [2.24, 2.45) is 0 Å². The minimum Gasteiger partial charge on any atom is -0.494 e. The van der Waals surface area contributed by atoms with Crippen molar-refractivity contribution in [1.82, 2.24) is 0 Å². The average molecular weight is 362 g/mol. The smallest absolute Gasteiger partial charge is 0.119 e. The Morgan fingerprint density at radius 1 is 0.519 bits per heavy atom. The molecule has 0 saturated carbocycles. The summed E-state index contributed by atoms with van der Waals surface area (Å²) in [5.41, 5.74) is 1.31. The molecule has 0 N–H and O–H groups in total. The number of nitriles is 2. The maximum absolute atomic E-state index is 8.76. The molecule has 4 nitrogen and oxygen atoms in total. The molecule has 2 aromatic rings. The molecule has 0 heterocycles. The monoisotopic (exact) mass is 362 g/mol. The molecule has 0 spiro atoms. The number of unbranched alkanes of at least 4 members (excludes halogenated alkanes) is 6. The zero-order chi connectivity index (χ0) is 19.2. The third-order valence-corrected chi connectivity index (χ3v) is 4.29. The number of hydrogen-bond donors (Lipinski definition) is 0. The Kier molecular flexibility index (Phi) is 9.33. The van der Waals surface area contributed by atoms with Crippen LogP contribution in [0.1, 0.15) is 56.1 Å². The SMILES string of the molecule is N#Cc1ccc(OCCCCCCCCCOc2ccc(C#N)cc2)cc1. The van der Waals surface area contributed by atoms with Crippen molar-refractivity contribution < 1.29 is 9.47 Å². The molecule has 0 fully saturated rings. The summed E-state index contributed by atoms with van der Waals surface area (Å²) >= 11 is 0. The minimum atomic E-state index is 0.657. The van der Waals surface area contributed by atoms with Crippen LogP contribution >= 0.6 is 0 Å². The zero-order valence-electron chi connectivity index (χ0n) is 15.7. The van der Waals surface area contributed by atoms with E-state index < -0.39 is 0 Å². The summed E-state index contributed by atoms with van der Waals surface area (Å²) in [4.78, 5) is 0. The van der Waals surface area contributed by atoms with Crippen LogP contribution in [0.4, 0.5) is 0 Å². The average Bonchev–Trinajstić information content (AvgIpc) is 2.73. The highest BCUT2D eigenvalue weighted by molar-refractivity contribution is 5.35. The van der Waals surface area contributed by atoms with Crippen LogP contribution in [0.3, 0.4) is 0 Å². The molecule has 0 aliphatic carbocycles. The van der Waals surface area contributed by atoms with E-state index in [1.165, 1.54) is 32.1 Å². The number of rotatable bonds is 12. The number of ether oxygens (including phenoxy) is 2. The summed E-state index contributed by atoms with van der Waals surface area (Å²) in [6, 6.07) is 18.7. The van der Waals surface area contributed by atoms with Crippen molar-refractivity contribution in [3.63, 3.8) is 0 Å². The molecule has 27 heavy (non-hydrogen) atoms. The van der Waals surface area contributed by atoms with E-state index in [0.29, 0.717) is 11.1 Å². The maximum Gasteiger partial charge on any atom is 0.119 e. The topological polar surface area (TPSA) is 66.0 Å². The molecule has 0 atom stereocenters. The van der Waals surface area contributed by atoms with Crippen LogP contribution in [0.5, 0.6) is 11.5 Å². The lowest BCUT2D eigenvalue weighted by Crippen LogP contribution is -1.98. The van der Waals surface area contributed by atoms with Crippen molar-refractivity contribution in [3.05, 3.63) is 59.7 Å². The molecule has 2 rings (SSSR count). The Labute approximate surface area is 162 Å². The van der Waals surface area contributed by atoms with Gasteiger partial charge in [-0.2, -0.15) is 10.5 Å². The molecule has 0 saturated heterocycles. The number of hydrogen-bond acceptors (Lipinski definition) is 4. The predicted octanol–water partition coefficient (Wildman–Crippen LogP) is 5.62. The van der Waals surface area contributed by atoms with Crippen molar-refractivity contribution >= 4 is 0 Å². The molecule has 140 valence electrons. The maximum atomic E-state index is 8.76. The van der Waals surface area contributed by atoms with E-state index in [4.69, 9.17) is 20.0 Å². The molecular formula is C23H26N2O2. The van der Waals surface area contributed by atoms with Gasteiger partial charge in [-0.1, -0.05) is 32.1 Å². The Hall–Kier alpha value is -2.98. The lowest BCUT2D eigenvalue weighted by molar-refractivity contribution is 0.299. The summed E-state index contributed by atoms with van der Waals surface area (Å²) in [6.07, 6.45) is 8.17. The fraction of sp³-hybridized carbons (Fsp3) is 0.391. The van der Waals surface area contributed by atoms with E-state index in [-0.39, 0.29) is 0 Å². The molecule has 2 aromatic carbocycles. The lowest BCUT2D eigenvalue weighted by atomic mass is 10.1. The Morgan fingerprint density at radius 2 is 0.852 bits per heavy atom. The van der Waals surface area contributed by atoms with Crippen molar-refractivity contribution in [2.75, 3.05) is 13.2 Å². The van der Waals surface area contributed by atoms with Crippen LogP contribution in [-0.2, 0) is 0 Å². The van der Waals surface area contributed by atoms with E-state index in [9.17, 15) is 0 Å². The number of benzene rings is 2. The van der Waals surface area contributed by atoms with Gasteiger partial charge < -0.3 is 9.47 Å². The van der Waals surface area contributed by atoms with Crippen molar-refractivity contribution in [3.8, 4) is 23.6 Å². The highest BCUT2D eigenvalue weighted by Crippen LogP contribution is 2.14. The Bertz CT molecular complexity index is 674. The van der Waals surface area contributed by atoms with Crippen LogP contribution in [0.25, 0.3) is 0 Å². The molecule has 0 radical (unpaired) electrons. The van der Waals surface area contributed by atoms with E-state index >= 15 is 0 Å². The summed E-state index contributed by atoms with van der Waals surface area (Å²) in [5, 5.41) is 17.5. The standard InChI is InChI=1S/C23H26N2O2/c24-18-20-8-12-22(13-9-20)26-16-6-4-2-1-3-5-7-17-27-23-14-10-21(19-25)11-15-23/h8-15H,1-7,16-17H2. The van der Waals surface area contributed by atoms with Crippen LogP contribution in [-0.4, -0.2) is 13.2 Å². The van der Waals surface area contributed by atoms with Crippen LogP contribution in [0.15, 0.2) is 48.5 Å². The lowest BCUT2D eigenvalue weighted by Gasteiger charge is -2.07. The second kappa shape index (κ2) is 12.4. The van der Waals surface area contributed by atoms with Crippen LogP contribution in [0.2, 0.25) is 0 Å². The predicted molar refractivity (Wildman–Crippen MR) is 106 cm³/mol. The van der Waals surface area contributed by atoms with Gasteiger partial charge in [-0.3, -0.25) is 0 Å². The fourth-order valence-corrected chi connectivity index (χ4v) is 2.72. The normalized spacial score (nSPS) is 10.0. The van der Waals surface area contributed by atoms with Gasteiger partial charge in [0, 0.05) is 0 Å². The molecule has 0 aromatic heterocycles. The van der Waals surface area contributed by atoms with E-state index in [1.807, 2.05) is 24.3 Å². The zero-order valence-corrected chi connectivity index (χ0v) is 15.7. The Morgan fingerprint density at radius 3 is 1.19 bits per heavy atom. The Balaban J connectivity index is 1.40.